The van der Waals surface area contributed by atoms with Gasteiger partial charge in [-0.25, -0.2) is 18.4 Å². The summed E-state index contributed by atoms with van der Waals surface area (Å²) < 4.78 is 65.7. The Labute approximate surface area is 168 Å². The van der Waals surface area contributed by atoms with Crippen LogP contribution >= 0.6 is 0 Å². The van der Waals surface area contributed by atoms with Gasteiger partial charge in [-0.3, -0.25) is 0 Å². The van der Waals surface area contributed by atoms with Gasteiger partial charge >= 0.3 is 6.18 Å². The highest BCUT2D eigenvalue weighted by Gasteiger charge is 2.34. The number of hydrogen-bond acceptors (Lipinski definition) is 5. The molecule has 0 radical (unpaired) electrons. The molecule has 2 aromatic rings. The molecular formula is C19H23F3N4O2S. The van der Waals surface area contributed by atoms with Crippen LogP contribution in [0.25, 0.3) is 0 Å². The van der Waals surface area contributed by atoms with Crippen molar-refractivity contribution < 1.29 is 21.6 Å². The summed E-state index contributed by atoms with van der Waals surface area (Å²) in [4.78, 5) is 9.23. The number of hydrogen-bond donors (Lipinski definition) is 0. The molecule has 1 saturated heterocycles. The fourth-order valence-corrected chi connectivity index (χ4v) is 4.49. The highest BCUT2D eigenvalue weighted by molar-refractivity contribution is 7.89. The second-order valence-corrected chi connectivity index (χ2v) is 9.84. The van der Waals surface area contributed by atoms with Gasteiger partial charge in [0.25, 0.3) is 0 Å². The van der Waals surface area contributed by atoms with Gasteiger partial charge in [0.15, 0.2) is 0 Å². The number of aromatic nitrogens is 2. The molecule has 0 N–H and O–H groups in total. The van der Waals surface area contributed by atoms with Crippen molar-refractivity contribution in [3.8, 4) is 0 Å². The van der Waals surface area contributed by atoms with Crippen molar-refractivity contribution in [2.75, 3.05) is 31.1 Å². The molecule has 1 aromatic carbocycles. The van der Waals surface area contributed by atoms with Crippen molar-refractivity contribution in [1.29, 1.82) is 0 Å². The number of benzene rings is 1. The summed E-state index contributed by atoms with van der Waals surface area (Å²) in [6, 6.07) is 7.61. The van der Waals surface area contributed by atoms with E-state index in [1.54, 1.807) is 29.2 Å². The predicted octanol–water partition coefficient (Wildman–Crippen LogP) is 3.30. The van der Waals surface area contributed by atoms with E-state index in [0.717, 1.165) is 17.8 Å². The third-order valence-electron chi connectivity index (χ3n) is 4.81. The van der Waals surface area contributed by atoms with E-state index in [1.807, 2.05) is 20.8 Å². The number of sulfonamides is 1. The zero-order valence-corrected chi connectivity index (χ0v) is 17.3. The molecule has 3 rings (SSSR count). The first kappa shape index (κ1) is 21.5. The number of anilines is 1. The standard InChI is InChI=1S/C19H23F3N4O2S/c1-18(2,3)14-4-6-15(7-5-14)29(27,28)26-12-10-25(11-13-26)17-23-9-8-16(24-17)19(20,21)22/h4-9H,10-13H2,1-3H3. The summed E-state index contributed by atoms with van der Waals surface area (Å²) in [7, 11) is -3.68. The molecule has 0 bridgehead atoms. The third-order valence-corrected chi connectivity index (χ3v) is 6.73. The summed E-state index contributed by atoms with van der Waals surface area (Å²) in [5, 5.41) is 0. The van der Waals surface area contributed by atoms with E-state index in [2.05, 4.69) is 9.97 Å². The maximum Gasteiger partial charge on any atom is 0.433 e. The van der Waals surface area contributed by atoms with Gasteiger partial charge in [0.05, 0.1) is 4.90 Å². The Morgan fingerprint density at radius 1 is 0.931 bits per heavy atom. The van der Waals surface area contributed by atoms with Crippen LogP contribution in [0.5, 0.6) is 0 Å². The summed E-state index contributed by atoms with van der Waals surface area (Å²) in [6.45, 7) is 6.84. The maximum absolute atomic E-state index is 12.9. The normalized spacial score (nSPS) is 16.8. The Balaban J connectivity index is 1.72. The summed E-state index contributed by atoms with van der Waals surface area (Å²) in [5.41, 5.74) is -0.0711. The number of nitrogens with zero attached hydrogens (tertiary/aromatic N) is 4. The minimum Gasteiger partial charge on any atom is -0.338 e. The Kier molecular flexibility index (Phi) is 5.61. The monoisotopic (exact) mass is 428 g/mol. The molecule has 1 fully saturated rings. The lowest BCUT2D eigenvalue weighted by Gasteiger charge is -2.34. The van der Waals surface area contributed by atoms with Crippen LogP contribution in [-0.4, -0.2) is 48.9 Å². The molecule has 0 saturated carbocycles. The average Bonchev–Trinajstić information content (AvgIpc) is 2.67. The minimum absolute atomic E-state index is 0.0496. The van der Waals surface area contributed by atoms with Crippen molar-refractivity contribution in [3.63, 3.8) is 0 Å². The quantitative estimate of drug-likeness (QED) is 0.751. The van der Waals surface area contributed by atoms with E-state index in [0.29, 0.717) is 0 Å². The molecular weight excluding hydrogens is 405 g/mol. The molecule has 6 nitrogen and oxygen atoms in total. The van der Waals surface area contributed by atoms with E-state index in [4.69, 9.17) is 0 Å². The van der Waals surface area contributed by atoms with Crippen LogP contribution in [0.3, 0.4) is 0 Å². The lowest BCUT2D eigenvalue weighted by atomic mass is 9.87. The lowest BCUT2D eigenvalue weighted by molar-refractivity contribution is -0.141. The molecule has 0 aliphatic carbocycles. The number of halogens is 3. The Bertz CT molecular complexity index is 962. The van der Waals surface area contributed by atoms with Crippen molar-refractivity contribution in [3.05, 3.63) is 47.8 Å². The first-order valence-electron chi connectivity index (χ1n) is 9.15. The van der Waals surface area contributed by atoms with Crippen LogP contribution in [0.1, 0.15) is 32.0 Å². The molecule has 0 unspecified atom stereocenters. The number of alkyl halides is 3. The van der Waals surface area contributed by atoms with Gasteiger partial charge < -0.3 is 4.90 Å². The van der Waals surface area contributed by atoms with E-state index >= 15 is 0 Å². The molecule has 158 valence electrons. The van der Waals surface area contributed by atoms with Gasteiger partial charge in [-0.1, -0.05) is 32.9 Å². The second-order valence-electron chi connectivity index (χ2n) is 7.91. The van der Waals surface area contributed by atoms with E-state index in [1.165, 1.54) is 4.31 Å². The van der Waals surface area contributed by atoms with Crippen molar-refractivity contribution >= 4 is 16.0 Å². The summed E-state index contributed by atoms with van der Waals surface area (Å²) in [5.74, 6) is -0.0496. The minimum atomic E-state index is -4.55. The third kappa shape index (κ3) is 4.69. The first-order valence-corrected chi connectivity index (χ1v) is 10.6. The number of piperazine rings is 1. The van der Waals surface area contributed by atoms with Crippen LogP contribution in [0.15, 0.2) is 41.4 Å². The van der Waals surface area contributed by atoms with Crippen LogP contribution in [0.2, 0.25) is 0 Å². The Hall–Kier alpha value is -2.20. The van der Waals surface area contributed by atoms with Gasteiger partial charge in [-0.05, 0) is 29.2 Å². The molecule has 2 heterocycles. The van der Waals surface area contributed by atoms with Gasteiger partial charge in [0.1, 0.15) is 5.69 Å². The second kappa shape index (κ2) is 7.56. The van der Waals surface area contributed by atoms with Gasteiger partial charge in [-0.2, -0.15) is 17.5 Å². The van der Waals surface area contributed by atoms with Crippen molar-refractivity contribution in [1.82, 2.24) is 14.3 Å². The topological polar surface area (TPSA) is 66.4 Å². The van der Waals surface area contributed by atoms with Crippen LogP contribution in [-0.2, 0) is 21.6 Å². The maximum atomic E-state index is 12.9. The summed E-state index contributed by atoms with van der Waals surface area (Å²) >= 11 is 0. The van der Waals surface area contributed by atoms with E-state index in [-0.39, 0.29) is 42.4 Å². The lowest BCUT2D eigenvalue weighted by Crippen LogP contribution is -2.49. The van der Waals surface area contributed by atoms with Crippen molar-refractivity contribution in [2.45, 2.75) is 37.3 Å². The zero-order valence-electron chi connectivity index (χ0n) is 16.4. The molecule has 10 heteroatoms. The smallest absolute Gasteiger partial charge is 0.338 e. The molecule has 0 amide bonds. The van der Waals surface area contributed by atoms with Crippen LogP contribution < -0.4 is 4.90 Å². The van der Waals surface area contributed by atoms with Gasteiger partial charge in [-0.15, -0.1) is 0 Å². The molecule has 0 spiro atoms. The van der Waals surface area contributed by atoms with E-state index < -0.39 is 21.9 Å². The molecule has 1 aromatic heterocycles. The zero-order chi connectivity index (χ0) is 21.4. The fourth-order valence-electron chi connectivity index (χ4n) is 3.06. The first-order chi connectivity index (χ1) is 13.4. The largest absolute Gasteiger partial charge is 0.433 e. The van der Waals surface area contributed by atoms with E-state index in [9.17, 15) is 21.6 Å². The SMILES string of the molecule is CC(C)(C)c1ccc(S(=O)(=O)N2CCN(c3nccc(C(F)(F)F)n3)CC2)cc1. The predicted molar refractivity (Wildman–Crippen MR) is 103 cm³/mol. The van der Waals surface area contributed by atoms with Gasteiger partial charge in [0.2, 0.25) is 16.0 Å². The average molecular weight is 428 g/mol. The Morgan fingerprint density at radius 2 is 1.52 bits per heavy atom. The van der Waals surface area contributed by atoms with Crippen molar-refractivity contribution in [2.24, 2.45) is 0 Å². The van der Waals surface area contributed by atoms with Gasteiger partial charge in [0, 0.05) is 32.4 Å². The molecule has 29 heavy (non-hydrogen) atoms. The highest BCUT2D eigenvalue weighted by Crippen LogP contribution is 2.29. The number of rotatable bonds is 3. The Morgan fingerprint density at radius 3 is 2.03 bits per heavy atom. The fraction of sp³-hybridized carbons (Fsp3) is 0.474. The molecule has 1 aliphatic rings. The molecule has 1 aliphatic heterocycles. The summed E-state index contributed by atoms with van der Waals surface area (Å²) in [6.07, 6.45) is -3.49. The highest BCUT2D eigenvalue weighted by atomic mass is 32.2. The van der Waals surface area contributed by atoms with Crippen LogP contribution in [0, 0.1) is 0 Å². The van der Waals surface area contributed by atoms with Crippen LogP contribution in [0.4, 0.5) is 19.1 Å². The molecule has 0 atom stereocenters.